The first kappa shape index (κ1) is 15.4. The first-order valence-corrected chi connectivity index (χ1v) is 6.85. The molecule has 0 aromatic heterocycles. The van der Waals surface area contributed by atoms with Crippen LogP contribution in [0.15, 0.2) is 12.7 Å². The van der Waals surface area contributed by atoms with Crippen molar-refractivity contribution in [3.63, 3.8) is 0 Å². The van der Waals surface area contributed by atoms with E-state index in [4.69, 9.17) is 9.79 Å². The molecule has 0 saturated carbocycles. The number of carbonyl (C=O) groups excluding carboxylic acids is 1. The molecule has 0 atom stereocenters. The van der Waals surface area contributed by atoms with Gasteiger partial charge in [0.15, 0.2) is 0 Å². The predicted octanol–water partition coefficient (Wildman–Crippen LogP) is 1.37. The Morgan fingerprint density at radius 2 is 2.00 bits per heavy atom. The first-order chi connectivity index (χ1) is 7.10. The van der Waals surface area contributed by atoms with E-state index < -0.39 is 13.1 Å². The Bertz CT molecular complexity index is 308. The first-order valence-electron chi connectivity index (χ1n) is 5.05. The summed E-state index contributed by atoms with van der Waals surface area (Å²) in [4.78, 5) is 30.3. The molecule has 0 aliphatic heterocycles. The average molecular weight is 249 g/mol. The lowest BCUT2D eigenvalue weighted by Crippen LogP contribution is -2.44. The van der Waals surface area contributed by atoms with E-state index in [1.807, 2.05) is 13.8 Å². The molecule has 0 aliphatic carbocycles. The van der Waals surface area contributed by atoms with Gasteiger partial charge in [0.25, 0.3) is 0 Å². The SMILES string of the molecule is C=CC(=O)N(C)C(C)(C)CCCP(=O)(O)O. The van der Waals surface area contributed by atoms with Gasteiger partial charge in [0.1, 0.15) is 0 Å². The second-order valence-corrected chi connectivity index (χ2v) is 6.18. The molecule has 0 heterocycles. The maximum absolute atomic E-state index is 11.4. The van der Waals surface area contributed by atoms with Gasteiger partial charge in [-0.2, -0.15) is 0 Å². The number of amides is 1. The van der Waals surface area contributed by atoms with Crippen molar-refractivity contribution in [1.82, 2.24) is 4.90 Å². The molecule has 16 heavy (non-hydrogen) atoms. The van der Waals surface area contributed by atoms with Crippen LogP contribution in [-0.2, 0) is 9.36 Å². The lowest BCUT2D eigenvalue weighted by atomic mass is 9.97. The van der Waals surface area contributed by atoms with Gasteiger partial charge in [-0.1, -0.05) is 6.58 Å². The predicted molar refractivity (Wildman–Crippen MR) is 63.2 cm³/mol. The van der Waals surface area contributed by atoms with Crippen LogP contribution in [0.3, 0.4) is 0 Å². The summed E-state index contributed by atoms with van der Waals surface area (Å²) in [6.45, 7) is 7.11. The topological polar surface area (TPSA) is 77.8 Å². The minimum absolute atomic E-state index is 0.146. The normalized spacial score (nSPS) is 12.3. The van der Waals surface area contributed by atoms with Crippen LogP contribution >= 0.6 is 7.60 Å². The lowest BCUT2D eigenvalue weighted by molar-refractivity contribution is -0.129. The molecule has 0 rings (SSSR count). The van der Waals surface area contributed by atoms with Crippen molar-refractivity contribution in [2.75, 3.05) is 13.2 Å². The van der Waals surface area contributed by atoms with Gasteiger partial charge in [0.05, 0.1) is 0 Å². The fourth-order valence-electron chi connectivity index (χ4n) is 1.32. The number of rotatable bonds is 6. The molecule has 1 amide bonds. The van der Waals surface area contributed by atoms with Crippen LogP contribution in [0.2, 0.25) is 0 Å². The molecule has 6 heteroatoms. The molecule has 0 unspecified atom stereocenters. The molecule has 0 fully saturated rings. The third-order valence-electron chi connectivity index (χ3n) is 2.65. The third kappa shape index (κ3) is 5.45. The Morgan fingerprint density at radius 3 is 2.38 bits per heavy atom. The molecular formula is C10H20NO4P. The summed E-state index contributed by atoms with van der Waals surface area (Å²) in [6.07, 6.45) is 2.00. The molecular weight excluding hydrogens is 229 g/mol. The maximum Gasteiger partial charge on any atom is 0.325 e. The summed E-state index contributed by atoms with van der Waals surface area (Å²) < 4.78 is 10.7. The quantitative estimate of drug-likeness (QED) is 0.550. The summed E-state index contributed by atoms with van der Waals surface area (Å²) in [7, 11) is -2.28. The lowest BCUT2D eigenvalue weighted by Gasteiger charge is -2.35. The van der Waals surface area contributed by atoms with Gasteiger partial charge in [-0.3, -0.25) is 9.36 Å². The maximum atomic E-state index is 11.4. The number of hydrogen-bond donors (Lipinski definition) is 2. The number of carbonyl (C=O) groups is 1. The van der Waals surface area contributed by atoms with Gasteiger partial charge in [-0.05, 0) is 32.8 Å². The van der Waals surface area contributed by atoms with Gasteiger partial charge in [0.2, 0.25) is 5.91 Å². The number of likely N-dealkylation sites (N-methyl/N-ethyl adjacent to an activating group) is 1. The Balaban J connectivity index is 4.29. The Kier molecular flexibility index (Phi) is 5.39. The third-order valence-corrected chi connectivity index (χ3v) is 3.55. The Hall–Kier alpha value is -0.640. The largest absolute Gasteiger partial charge is 0.337 e. The van der Waals surface area contributed by atoms with Gasteiger partial charge >= 0.3 is 7.60 Å². The molecule has 0 radical (unpaired) electrons. The molecule has 0 saturated heterocycles. The fourth-order valence-corrected chi connectivity index (χ4v) is 1.89. The molecule has 0 spiro atoms. The van der Waals surface area contributed by atoms with Crippen LogP contribution in [0.4, 0.5) is 0 Å². The number of hydrogen-bond acceptors (Lipinski definition) is 2. The fraction of sp³-hybridized carbons (Fsp3) is 0.700. The highest BCUT2D eigenvalue weighted by molar-refractivity contribution is 7.51. The summed E-state index contributed by atoms with van der Waals surface area (Å²) in [5.41, 5.74) is -0.430. The van der Waals surface area contributed by atoms with E-state index in [-0.39, 0.29) is 12.1 Å². The average Bonchev–Trinajstić information content (AvgIpc) is 2.13. The zero-order valence-corrected chi connectivity index (χ0v) is 10.9. The zero-order valence-electron chi connectivity index (χ0n) is 10.0. The van der Waals surface area contributed by atoms with Crippen molar-refractivity contribution in [3.05, 3.63) is 12.7 Å². The summed E-state index contributed by atoms with van der Waals surface area (Å²) in [5, 5.41) is 0. The molecule has 2 N–H and O–H groups in total. The summed E-state index contributed by atoms with van der Waals surface area (Å²) in [5.74, 6) is -0.193. The Labute approximate surface area is 96.3 Å². The highest BCUT2D eigenvalue weighted by atomic mass is 31.2. The zero-order chi connectivity index (χ0) is 13.0. The van der Waals surface area contributed by atoms with Crippen molar-refractivity contribution in [3.8, 4) is 0 Å². The van der Waals surface area contributed by atoms with E-state index in [1.165, 1.54) is 11.0 Å². The van der Waals surface area contributed by atoms with Crippen molar-refractivity contribution < 1.29 is 19.1 Å². The molecule has 0 aromatic carbocycles. The van der Waals surface area contributed by atoms with E-state index in [9.17, 15) is 9.36 Å². The highest BCUT2D eigenvalue weighted by Gasteiger charge is 2.26. The van der Waals surface area contributed by atoms with E-state index in [0.717, 1.165) is 0 Å². The van der Waals surface area contributed by atoms with Crippen molar-refractivity contribution in [2.24, 2.45) is 0 Å². The van der Waals surface area contributed by atoms with E-state index in [0.29, 0.717) is 12.8 Å². The second-order valence-electron chi connectivity index (χ2n) is 4.41. The van der Waals surface area contributed by atoms with Gasteiger partial charge in [0, 0.05) is 18.7 Å². The highest BCUT2D eigenvalue weighted by Crippen LogP contribution is 2.36. The van der Waals surface area contributed by atoms with Crippen LogP contribution in [0.5, 0.6) is 0 Å². The van der Waals surface area contributed by atoms with E-state index in [1.54, 1.807) is 7.05 Å². The van der Waals surface area contributed by atoms with E-state index >= 15 is 0 Å². The molecule has 0 aromatic rings. The number of nitrogens with zero attached hydrogens (tertiary/aromatic N) is 1. The standard InChI is InChI=1S/C10H20NO4P/c1-5-9(12)11(4)10(2,3)7-6-8-16(13,14)15/h5H,1,6-8H2,2-4H3,(H2,13,14,15). The molecule has 94 valence electrons. The van der Waals surface area contributed by atoms with Crippen LogP contribution in [0.25, 0.3) is 0 Å². The van der Waals surface area contributed by atoms with Crippen molar-refractivity contribution in [2.45, 2.75) is 32.2 Å². The van der Waals surface area contributed by atoms with Gasteiger partial charge in [-0.15, -0.1) is 0 Å². The minimum atomic E-state index is -3.94. The van der Waals surface area contributed by atoms with E-state index in [2.05, 4.69) is 6.58 Å². The Morgan fingerprint density at radius 1 is 1.50 bits per heavy atom. The van der Waals surface area contributed by atoms with Crippen LogP contribution in [-0.4, -0.2) is 39.3 Å². The van der Waals surface area contributed by atoms with Gasteiger partial charge < -0.3 is 14.7 Å². The molecule has 5 nitrogen and oxygen atoms in total. The van der Waals surface area contributed by atoms with Crippen LogP contribution < -0.4 is 0 Å². The summed E-state index contributed by atoms with van der Waals surface area (Å²) >= 11 is 0. The van der Waals surface area contributed by atoms with Crippen molar-refractivity contribution in [1.29, 1.82) is 0 Å². The smallest absolute Gasteiger partial charge is 0.325 e. The van der Waals surface area contributed by atoms with Gasteiger partial charge in [-0.25, -0.2) is 0 Å². The monoisotopic (exact) mass is 249 g/mol. The summed E-state index contributed by atoms with van der Waals surface area (Å²) in [6, 6.07) is 0. The van der Waals surface area contributed by atoms with Crippen molar-refractivity contribution >= 4 is 13.5 Å². The molecule has 0 bridgehead atoms. The second kappa shape index (κ2) is 5.62. The van der Waals surface area contributed by atoms with Crippen LogP contribution in [0.1, 0.15) is 26.7 Å². The van der Waals surface area contributed by atoms with Crippen LogP contribution in [0, 0.1) is 0 Å². The molecule has 0 aliphatic rings. The minimum Gasteiger partial charge on any atom is -0.337 e.